The molecule has 0 radical (unpaired) electrons. The van der Waals surface area contributed by atoms with Crippen molar-refractivity contribution in [3.63, 3.8) is 0 Å². The van der Waals surface area contributed by atoms with Gasteiger partial charge in [0.1, 0.15) is 0 Å². The van der Waals surface area contributed by atoms with Crippen LogP contribution in [0.4, 0.5) is 0 Å². The molecule has 66 valence electrons. The number of hydrogen-bond acceptors (Lipinski definition) is 3. The molecule has 0 saturated heterocycles. The fourth-order valence-corrected chi connectivity index (χ4v) is 0.896. The molecule has 1 unspecified atom stereocenters. The van der Waals surface area contributed by atoms with Gasteiger partial charge < -0.3 is 10.4 Å². The first-order valence-corrected chi connectivity index (χ1v) is 4.01. The minimum Gasteiger partial charge on any atom is -0.394 e. The molecule has 0 heterocycles. The number of aliphatic hydroxyl groups is 1. The maximum absolute atomic E-state index is 11.1. The lowest BCUT2D eigenvalue weighted by molar-refractivity contribution is -0.121. The molecule has 0 aromatic carbocycles. The number of Topliss-reactive ketones (excluding diaryl/α,β-unsaturated/α-hetero) is 1. The zero-order chi connectivity index (χ0) is 8.85. The molecule has 3 heteroatoms. The summed E-state index contributed by atoms with van der Waals surface area (Å²) in [6.07, 6.45) is 0.477. The maximum atomic E-state index is 11.1. The van der Waals surface area contributed by atoms with Crippen LogP contribution >= 0.6 is 0 Å². The van der Waals surface area contributed by atoms with Gasteiger partial charge >= 0.3 is 0 Å². The largest absolute Gasteiger partial charge is 0.394 e. The molecule has 0 aliphatic heterocycles. The number of nitrogens with one attached hydrogen (secondary N) is 1. The molecule has 0 aliphatic rings. The zero-order valence-corrected chi connectivity index (χ0v) is 7.42. The van der Waals surface area contributed by atoms with Crippen molar-refractivity contribution in [1.82, 2.24) is 5.32 Å². The molecule has 0 aromatic heterocycles. The van der Waals surface area contributed by atoms with E-state index >= 15 is 0 Å². The zero-order valence-electron chi connectivity index (χ0n) is 7.42. The summed E-state index contributed by atoms with van der Waals surface area (Å²) in [5.41, 5.74) is 0. The van der Waals surface area contributed by atoms with E-state index in [-0.39, 0.29) is 24.5 Å². The molecule has 0 saturated carbocycles. The molecule has 0 rings (SSSR count). The van der Waals surface area contributed by atoms with Crippen molar-refractivity contribution in [3.05, 3.63) is 0 Å². The molecule has 3 nitrogen and oxygen atoms in total. The van der Waals surface area contributed by atoms with Crippen LogP contribution in [0.25, 0.3) is 0 Å². The smallest absolute Gasteiger partial charge is 0.151 e. The van der Waals surface area contributed by atoms with Crippen LogP contribution in [-0.4, -0.2) is 29.6 Å². The van der Waals surface area contributed by atoms with Crippen molar-refractivity contribution >= 4 is 5.78 Å². The van der Waals surface area contributed by atoms with Gasteiger partial charge in [0.05, 0.1) is 12.6 Å². The summed E-state index contributed by atoms with van der Waals surface area (Å²) in [6, 6.07) is -0.136. The molecule has 0 aliphatic carbocycles. The molecule has 1 atom stereocenters. The van der Waals surface area contributed by atoms with Crippen LogP contribution in [-0.2, 0) is 4.79 Å². The SMILES string of the molecule is CCC(=O)C(CO)NC(C)C. The molecule has 0 fully saturated rings. The molecular weight excluding hydrogens is 142 g/mol. The van der Waals surface area contributed by atoms with E-state index in [1.165, 1.54) is 0 Å². The number of hydrogen-bond donors (Lipinski definition) is 2. The van der Waals surface area contributed by atoms with E-state index in [1.54, 1.807) is 6.92 Å². The van der Waals surface area contributed by atoms with E-state index in [9.17, 15) is 4.79 Å². The Morgan fingerprint density at radius 1 is 1.55 bits per heavy atom. The van der Waals surface area contributed by atoms with Crippen LogP contribution in [0.1, 0.15) is 27.2 Å². The molecule has 0 bridgehead atoms. The van der Waals surface area contributed by atoms with Crippen molar-refractivity contribution in [1.29, 1.82) is 0 Å². The van der Waals surface area contributed by atoms with Crippen molar-refractivity contribution in [2.24, 2.45) is 0 Å². The van der Waals surface area contributed by atoms with E-state index in [0.717, 1.165) is 0 Å². The molecule has 0 spiro atoms. The highest BCUT2D eigenvalue weighted by atomic mass is 16.3. The molecule has 0 amide bonds. The number of rotatable bonds is 5. The lowest BCUT2D eigenvalue weighted by Gasteiger charge is -2.16. The Balaban J connectivity index is 3.84. The van der Waals surface area contributed by atoms with E-state index in [2.05, 4.69) is 5.32 Å². The topological polar surface area (TPSA) is 49.3 Å². The Labute approximate surface area is 67.8 Å². The highest BCUT2D eigenvalue weighted by Gasteiger charge is 2.15. The van der Waals surface area contributed by atoms with Crippen molar-refractivity contribution in [3.8, 4) is 0 Å². The van der Waals surface area contributed by atoms with Gasteiger partial charge in [-0.2, -0.15) is 0 Å². The van der Waals surface area contributed by atoms with Gasteiger partial charge in [0.25, 0.3) is 0 Å². The van der Waals surface area contributed by atoms with Gasteiger partial charge in [0, 0.05) is 12.5 Å². The van der Waals surface area contributed by atoms with Crippen molar-refractivity contribution < 1.29 is 9.90 Å². The van der Waals surface area contributed by atoms with Gasteiger partial charge in [-0.05, 0) is 0 Å². The Hall–Kier alpha value is -0.410. The lowest BCUT2D eigenvalue weighted by Crippen LogP contribution is -2.43. The van der Waals surface area contributed by atoms with Crippen molar-refractivity contribution in [2.45, 2.75) is 39.3 Å². The Kier molecular flexibility index (Phi) is 5.07. The van der Waals surface area contributed by atoms with Gasteiger partial charge in [-0.1, -0.05) is 20.8 Å². The third kappa shape index (κ3) is 4.11. The second kappa shape index (κ2) is 5.27. The van der Waals surface area contributed by atoms with Gasteiger partial charge in [-0.3, -0.25) is 4.79 Å². The number of aliphatic hydroxyl groups excluding tert-OH is 1. The fraction of sp³-hybridized carbons (Fsp3) is 0.875. The maximum Gasteiger partial charge on any atom is 0.151 e. The lowest BCUT2D eigenvalue weighted by atomic mass is 10.1. The molecular formula is C8H17NO2. The number of carbonyl (C=O) groups excluding carboxylic acids is 1. The summed E-state index contributed by atoms with van der Waals surface area (Å²) in [5.74, 6) is 0.0706. The first-order valence-electron chi connectivity index (χ1n) is 4.01. The number of carbonyl (C=O) groups is 1. The average Bonchev–Trinajstić information content (AvgIpc) is 1.98. The third-order valence-corrected chi connectivity index (χ3v) is 1.45. The third-order valence-electron chi connectivity index (χ3n) is 1.45. The summed E-state index contributed by atoms with van der Waals surface area (Å²) in [6.45, 7) is 5.59. The Morgan fingerprint density at radius 2 is 2.09 bits per heavy atom. The minimum absolute atomic E-state index is 0.0706. The van der Waals surface area contributed by atoms with E-state index in [4.69, 9.17) is 5.11 Å². The highest BCUT2D eigenvalue weighted by molar-refractivity contribution is 5.83. The monoisotopic (exact) mass is 159 g/mol. The van der Waals surface area contributed by atoms with Crippen LogP contribution in [0.3, 0.4) is 0 Å². The van der Waals surface area contributed by atoms with E-state index < -0.39 is 0 Å². The summed E-state index contributed by atoms with van der Waals surface area (Å²) in [4.78, 5) is 11.1. The van der Waals surface area contributed by atoms with Crippen LogP contribution in [0.5, 0.6) is 0 Å². The van der Waals surface area contributed by atoms with Gasteiger partial charge in [0.15, 0.2) is 5.78 Å². The van der Waals surface area contributed by atoms with Gasteiger partial charge in [-0.25, -0.2) is 0 Å². The van der Waals surface area contributed by atoms with Gasteiger partial charge in [0.2, 0.25) is 0 Å². The quantitative estimate of drug-likeness (QED) is 0.607. The van der Waals surface area contributed by atoms with Crippen LogP contribution in [0.2, 0.25) is 0 Å². The minimum atomic E-state index is -0.375. The van der Waals surface area contributed by atoms with Crippen LogP contribution in [0, 0.1) is 0 Å². The summed E-state index contributed by atoms with van der Waals surface area (Å²) < 4.78 is 0. The van der Waals surface area contributed by atoms with E-state index in [1.807, 2.05) is 13.8 Å². The van der Waals surface area contributed by atoms with E-state index in [0.29, 0.717) is 6.42 Å². The summed E-state index contributed by atoms with van der Waals surface area (Å²) >= 11 is 0. The Bertz CT molecular complexity index is 123. The van der Waals surface area contributed by atoms with Crippen molar-refractivity contribution in [2.75, 3.05) is 6.61 Å². The second-order valence-corrected chi connectivity index (χ2v) is 2.88. The first-order chi connectivity index (χ1) is 5.11. The molecule has 11 heavy (non-hydrogen) atoms. The van der Waals surface area contributed by atoms with Crippen LogP contribution < -0.4 is 5.32 Å². The first kappa shape index (κ1) is 10.6. The summed E-state index contributed by atoms with van der Waals surface area (Å²) in [7, 11) is 0. The second-order valence-electron chi connectivity index (χ2n) is 2.88. The average molecular weight is 159 g/mol. The number of ketones is 1. The van der Waals surface area contributed by atoms with Crippen LogP contribution in [0.15, 0.2) is 0 Å². The van der Waals surface area contributed by atoms with Gasteiger partial charge in [-0.15, -0.1) is 0 Å². The Morgan fingerprint density at radius 3 is 2.36 bits per heavy atom. The summed E-state index contributed by atoms with van der Waals surface area (Å²) in [5, 5.41) is 11.8. The fourth-order valence-electron chi connectivity index (χ4n) is 0.896. The predicted molar refractivity (Wildman–Crippen MR) is 44.4 cm³/mol. The normalized spacial score (nSPS) is 13.5. The molecule has 0 aromatic rings. The highest BCUT2D eigenvalue weighted by Crippen LogP contribution is 1.92. The standard InChI is InChI=1S/C8H17NO2/c1-4-8(11)7(5-10)9-6(2)3/h6-7,9-10H,4-5H2,1-3H3. The predicted octanol–water partition coefficient (Wildman–Crippen LogP) is 0.324. The molecule has 2 N–H and O–H groups in total.